The van der Waals surface area contributed by atoms with Crippen LogP contribution in [0, 0.1) is 0 Å². The molecule has 0 fully saturated rings. The molecular weight excluding hydrogens is 248 g/mol. The molecule has 0 aromatic carbocycles. The first-order chi connectivity index (χ1) is 9.73. The van der Waals surface area contributed by atoms with Crippen LogP contribution >= 0.6 is 0 Å². The Balaban J connectivity index is 2.74. The number of anilines is 1. The molecule has 114 valence electrons. The van der Waals surface area contributed by atoms with E-state index in [0.29, 0.717) is 0 Å². The second-order valence-corrected chi connectivity index (χ2v) is 5.11. The summed E-state index contributed by atoms with van der Waals surface area (Å²) in [5.41, 5.74) is 1.16. The van der Waals surface area contributed by atoms with Crippen LogP contribution in [0.5, 0.6) is 0 Å². The number of likely N-dealkylation sites (N-methyl/N-ethyl adjacent to an activating group) is 1. The van der Waals surface area contributed by atoms with Crippen molar-refractivity contribution in [2.45, 2.75) is 53.4 Å². The van der Waals surface area contributed by atoms with Gasteiger partial charge in [-0.1, -0.05) is 34.1 Å². The van der Waals surface area contributed by atoms with Gasteiger partial charge in [-0.3, -0.25) is 0 Å². The van der Waals surface area contributed by atoms with Crippen molar-refractivity contribution in [3.63, 3.8) is 0 Å². The molecule has 4 heteroatoms. The van der Waals surface area contributed by atoms with E-state index in [0.717, 1.165) is 69.2 Å². The van der Waals surface area contributed by atoms with Crippen molar-refractivity contribution >= 4 is 5.82 Å². The number of hydrogen-bond donors (Lipinski definition) is 1. The number of aromatic nitrogens is 2. The van der Waals surface area contributed by atoms with E-state index >= 15 is 0 Å². The van der Waals surface area contributed by atoms with Crippen molar-refractivity contribution < 1.29 is 0 Å². The zero-order chi connectivity index (χ0) is 14.8. The van der Waals surface area contributed by atoms with Crippen molar-refractivity contribution in [1.82, 2.24) is 14.9 Å². The van der Waals surface area contributed by atoms with Gasteiger partial charge in [-0.15, -0.1) is 0 Å². The van der Waals surface area contributed by atoms with Crippen LogP contribution in [0.2, 0.25) is 0 Å². The van der Waals surface area contributed by atoms with Crippen molar-refractivity contribution in [3.05, 3.63) is 17.6 Å². The molecule has 0 atom stereocenters. The minimum Gasteiger partial charge on any atom is -0.370 e. The molecule has 0 saturated carbocycles. The van der Waals surface area contributed by atoms with Crippen molar-refractivity contribution in [2.24, 2.45) is 0 Å². The fraction of sp³-hybridized carbons (Fsp3) is 0.750. The summed E-state index contributed by atoms with van der Waals surface area (Å²) in [4.78, 5) is 11.8. The van der Waals surface area contributed by atoms with Crippen LogP contribution in [0.25, 0.3) is 0 Å². The Morgan fingerprint density at radius 1 is 1.00 bits per heavy atom. The van der Waals surface area contributed by atoms with Gasteiger partial charge in [0.25, 0.3) is 0 Å². The van der Waals surface area contributed by atoms with E-state index in [2.05, 4.69) is 49.0 Å². The van der Waals surface area contributed by atoms with Crippen LogP contribution in [-0.2, 0) is 12.8 Å². The van der Waals surface area contributed by atoms with Gasteiger partial charge in [0.2, 0.25) is 0 Å². The van der Waals surface area contributed by atoms with Crippen molar-refractivity contribution in [1.29, 1.82) is 0 Å². The van der Waals surface area contributed by atoms with E-state index < -0.39 is 0 Å². The van der Waals surface area contributed by atoms with Gasteiger partial charge in [0, 0.05) is 31.3 Å². The predicted octanol–water partition coefficient (Wildman–Crippen LogP) is 3.14. The van der Waals surface area contributed by atoms with E-state index in [1.807, 2.05) is 0 Å². The normalized spacial score (nSPS) is 11.1. The molecule has 0 bridgehead atoms. The number of aryl methyl sites for hydroxylation is 1. The van der Waals surface area contributed by atoms with Crippen LogP contribution < -0.4 is 5.32 Å². The third kappa shape index (κ3) is 5.87. The van der Waals surface area contributed by atoms with Crippen molar-refractivity contribution in [3.8, 4) is 0 Å². The van der Waals surface area contributed by atoms with Gasteiger partial charge in [0.15, 0.2) is 0 Å². The van der Waals surface area contributed by atoms with Gasteiger partial charge in [-0.2, -0.15) is 0 Å². The summed E-state index contributed by atoms with van der Waals surface area (Å²) in [6, 6.07) is 2.10. The van der Waals surface area contributed by atoms with Crippen LogP contribution in [0.4, 0.5) is 5.82 Å². The number of nitrogens with one attached hydrogen (secondary N) is 1. The van der Waals surface area contributed by atoms with Crippen LogP contribution in [0.3, 0.4) is 0 Å². The predicted molar refractivity (Wildman–Crippen MR) is 86.3 cm³/mol. The van der Waals surface area contributed by atoms with Crippen LogP contribution in [-0.4, -0.2) is 41.0 Å². The van der Waals surface area contributed by atoms with E-state index in [9.17, 15) is 0 Å². The Morgan fingerprint density at radius 3 is 2.35 bits per heavy atom. The standard InChI is InChI=1S/C16H30N4/c1-5-9-14-13-16(17-11-6-2)19-15(18-14)10-12-20(7-3)8-4/h13H,5-12H2,1-4H3,(H,17,18,19). The SMILES string of the molecule is CCCNc1cc(CCC)nc(CCN(CC)CC)n1. The van der Waals surface area contributed by atoms with Crippen molar-refractivity contribution in [2.75, 3.05) is 31.5 Å². The molecule has 4 nitrogen and oxygen atoms in total. The monoisotopic (exact) mass is 278 g/mol. The van der Waals surface area contributed by atoms with Gasteiger partial charge >= 0.3 is 0 Å². The zero-order valence-electron chi connectivity index (χ0n) is 13.6. The Morgan fingerprint density at radius 2 is 1.75 bits per heavy atom. The maximum absolute atomic E-state index is 4.69. The van der Waals surface area contributed by atoms with Gasteiger partial charge < -0.3 is 10.2 Å². The summed E-state index contributed by atoms with van der Waals surface area (Å²) in [7, 11) is 0. The topological polar surface area (TPSA) is 41.1 Å². The molecule has 0 aliphatic rings. The molecule has 0 unspecified atom stereocenters. The Bertz CT molecular complexity index is 375. The summed E-state index contributed by atoms with van der Waals surface area (Å²) in [5.74, 6) is 1.96. The summed E-state index contributed by atoms with van der Waals surface area (Å²) < 4.78 is 0. The average Bonchev–Trinajstić information content (AvgIpc) is 2.46. The summed E-state index contributed by atoms with van der Waals surface area (Å²) in [6.45, 7) is 12.9. The first-order valence-electron chi connectivity index (χ1n) is 8.06. The van der Waals surface area contributed by atoms with E-state index in [1.54, 1.807) is 0 Å². The zero-order valence-corrected chi connectivity index (χ0v) is 13.6. The van der Waals surface area contributed by atoms with E-state index in [4.69, 9.17) is 4.98 Å². The third-order valence-corrected chi connectivity index (χ3v) is 3.43. The molecule has 0 amide bonds. The van der Waals surface area contributed by atoms with E-state index in [-0.39, 0.29) is 0 Å². The molecule has 1 N–H and O–H groups in total. The van der Waals surface area contributed by atoms with Gasteiger partial charge in [0.05, 0.1) is 0 Å². The quantitative estimate of drug-likeness (QED) is 0.714. The molecule has 0 aliphatic heterocycles. The second-order valence-electron chi connectivity index (χ2n) is 5.11. The maximum atomic E-state index is 4.69. The highest BCUT2D eigenvalue weighted by molar-refractivity contribution is 5.36. The summed E-state index contributed by atoms with van der Waals surface area (Å²) >= 11 is 0. The Hall–Kier alpha value is -1.16. The molecule has 0 spiro atoms. The molecular formula is C16H30N4. The smallest absolute Gasteiger partial charge is 0.132 e. The fourth-order valence-corrected chi connectivity index (χ4v) is 2.19. The highest BCUT2D eigenvalue weighted by atomic mass is 15.1. The first-order valence-corrected chi connectivity index (χ1v) is 8.06. The highest BCUT2D eigenvalue weighted by Crippen LogP contribution is 2.10. The lowest BCUT2D eigenvalue weighted by Gasteiger charge is -2.17. The molecule has 0 radical (unpaired) electrons. The minimum atomic E-state index is 0.931. The highest BCUT2D eigenvalue weighted by Gasteiger charge is 2.06. The molecule has 0 aliphatic carbocycles. The summed E-state index contributed by atoms with van der Waals surface area (Å²) in [5, 5.41) is 3.38. The largest absolute Gasteiger partial charge is 0.370 e. The number of hydrogen-bond acceptors (Lipinski definition) is 4. The summed E-state index contributed by atoms with van der Waals surface area (Å²) in [6.07, 6.45) is 4.20. The molecule has 1 heterocycles. The maximum Gasteiger partial charge on any atom is 0.132 e. The lowest BCUT2D eigenvalue weighted by molar-refractivity contribution is 0.305. The van der Waals surface area contributed by atoms with Gasteiger partial charge in [-0.25, -0.2) is 9.97 Å². The molecule has 1 aromatic rings. The lowest BCUT2D eigenvalue weighted by atomic mass is 10.2. The molecule has 1 aromatic heterocycles. The third-order valence-electron chi connectivity index (χ3n) is 3.43. The second kappa shape index (κ2) is 9.70. The van der Waals surface area contributed by atoms with Crippen LogP contribution in [0.1, 0.15) is 52.1 Å². The molecule has 20 heavy (non-hydrogen) atoms. The molecule has 0 saturated heterocycles. The van der Waals surface area contributed by atoms with Gasteiger partial charge in [0.1, 0.15) is 11.6 Å². The Labute approximate surface area is 124 Å². The first kappa shape index (κ1) is 16.9. The lowest BCUT2D eigenvalue weighted by Crippen LogP contribution is -2.26. The minimum absolute atomic E-state index is 0.931. The number of rotatable bonds is 10. The fourth-order valence-electron chi connectivity index (χ4n) is 2.19. The van der Waals surface area contributed by atoms with E-state index in [1.165, 1.54) is 0 Å². The Kier molecular flexibility index (Phi) is 8.19. The van der Waals surface area contributed by atoms with Crippen LogP contribution in [0.15, 0.2) is 6.07 Å². The average molecular weight is 278 g/mol. The van der Waals surface area contributed by atoms with Gasteiger partial charge in [-0.05, 0) is 25.9 Å². The number of nitrogens with zero attached hydrogens (tertiary/aromatic N) is 3. The molecule has 1 rings (SSSR count).